The summed E-state index contributed by atoms with van der Waals surface area (Å²) in [5.41, 5.74) is 0. The van der Waals surface area contributed by atoms with Crippen LogP contribution in [0.25, 0.3) is 0 Å². The third-order valence-electron chi connectivity index (χ3n) is 2.02. The Bertz CT molecular complexity index is 146. The van der Waals surface area contributed by atoms with E-state index in [1.165, 1.54) is 26.2 Å². The molecule has 0 saturated carbocycles. The third-order valence-corrected chi connectivity index (χ3v) is 2.02. The molecule has 0 aromatic heterocycles. The zero-order chi connectivity index (χ0) is 11.4. The molecule has 0 rings (SSSR count). The van der Waals surface area contributed by atoms with Crippen LogP contribution in [0.15, 0.2) is 0 Å². The van der Waals surface area contributed by atoms with Crippen molar-refractivity contribution in [2.45, 2.75) is 46.0 Å². The zero-order valence-electron chi connectivity index (χ0n) is 10.1. The van der Waals surface area contributed by atoms with Crippen LogP contribution in [0.5, 0.6) is 0 Å². The van der Waals surface area contributed by atoms with Crippen molar-refractivity contribution < 1.29 is 14.3 Å². The van der Waals surface area contributed by atoms with Gasteiger partial charge in [0.25, 0.3) is 0 Å². The van der Waals surface area contributed by atoms with E-state index in [4.69, 9.17) is 9.47 Å². The smallest absolute Gasteiger partial charge is 0.155 e. The van der Waals surface area contributed by atoms with Crippen molar-refractivity contribution in [3.8, 4) is 0 Å². The van der Waals surface area contributed by atoms with E-state index in [1.54, 1.807) is 0 Å². The molecule has 90 valence electrons. The van der Waals surface area contributed by atoms with Crippen LogP contribution in [0.1, 0.15) is 46.0 Å². The summed E-state index contributed by atoms with van der Waals surface area (Å²) in [5, 5.41) is 0. The van der Waals surface area contributed by atoms with E-state index in [1.807, 2.05) is 0 Å². The van der Waals surface area contributed by atoms with Crippen molar-refractivity contribution in [3.05, 3.63) is 0 Å². The van der Waals surface area contributed by atoms with Crippen molar-refractivity contribution in [1.29, 1.82) is 0 Å². The second kappa shape index (κ2) is 11.7. The Labute approximate surface area is 93.1 Å². The van der Waals surface area contributed by atoms with E-state index in [0.29, 0.717) is 6.61 Å². The number of carbonyl (C=O) groups excluding carboxylic acids is 1. The van der Waals surface area contributed by atoms with Crippen LogP contribution in [0.2, 0.25) is 0 Å². The lowest BCUT2D eigenvalue weighted by Gasteiger charge is -2.04. The molecular formula is C12H24O3. The van der Waals surface area contributed by atoms with Crippen molar-refractivity contribution >= 4 is 5.78 Å². The molecule has 0 N–H and O–H groups in total. The lowest BCUT2D eigenvalue weighted by Crippen LogP contribution is -2.07. The Balaban J connectivity index is 2.89. The van der Waals surface area contributed by atoms with E-state index in [9.17, 15) is 4.79 Å². The van der Waals surface area contributed by atoms with E-state index in [-0.39, 0.29) is 12.4 Å². The van der Waals surface area contributed by atoms with Crippen LogP contribution in [-0.4, -0.2) is 32.2 Å². The Kier molecular flexibility index (Phi) is 11.3. The molecule has 0 heterocycles. The highest BCUT2D eigenvalue weighted by atomic mass is 16.5. The van der Waals surface area contributed by atoms with Crippen molar-refractivity contribution in [2.75, 3.05) is 26.4 Å². The van der Waals surface area contributed by atoms with E-state index < -0.39 is 0 Å². The fourth-order valence-electron chi connectivity index (χ4n) is 1.21. The second-order valence-electron chi connectivity index (χ2n) is 3.78. The Morgan fingerprint density at radius 3 is 2.27 bits per heavy atom. The lowest BCUT2D eigenvalue weighted by atomic mass is 10.2. The molecule has 0 aliphatic carbocycles. The highest BCUT2D eigenvalue weighted by Crippen LogP contribution is 1.99. The summed E-state index contributed by atoms with van der Waals surface area (Å²) in [6.07, 6.45) is 5.85. The molecule has 0 radical (unpaired) electrons. The normalized spacial score (nSPS) is 10.5. The van der Waals surface area contributed by atoms with Gasteiger partial charge in [0.05, 0.1) is 0 Å². The summed E-state index contributed by atoms with van der Waals surface area (Å²) >= 11 is 0. The maximum absolute atomic E-state index is 10.5. The molecular weight excluding hydrogens is 192 g/mol. The quantitative estimate of drug-likeness (QED) is 0.498. The standard InChI is InChI=1S/C12H24O3/c1-3-4-5-6-8-14-9-7-10-15-11-12(2)13/h3-11H2,1-2H3. The fraction of sp³-hybridized carbons (Fsp3) is 0.917. The number of hydrogen-bond acceptors (Lipinski definition) is 3. The van der Waals surface area contributed by atoms with Gasteiger partial charge in [-0.2, -0.15) is 0 Å². The first kappa shape index (κ1) is 14.6. The number of ether oxygens (including phenoxy) is 2. The summed E-state index contributed by atoms with van der Waals surface area (Å²) in [6.45, 7) is 6.18. The molecule has 15 heavy (non-hydrogen) atoms. The number of hydrogen-bond donors (Lipinski definition) is 0. The molecule has 0 aromatic carbocycles. The molecule has 0 spiro atoms. The van der Waals surface area contributed by atoms with E-state index in [0.717, 1.165) is 26.1 Å². The molecule has 0 aliphatic heterocycles. The van der Waals surface area contributed by atoms with Gasteiger partial charge in [0.15, 0.2) is 5.78 Å². The summed E-state index contributed by atoms with van der Waals surface area (Å²) in [6, 6.07) is 0. The monoisotopic (exact) mass is 216 g/mol. The van der Waals surface area contributed by atoms with Gasteiger partial charge >= 0.3 is 0 Å². The van der Waals surface area contributed by atoms with Gasteiger partial charge in [-0.15, -0.1) is 0 Å². The summed E-state index contributed by atoms with van der Waals surface area (Å²) in [5.74, 6) is 0.0792. The van der Waals surface area contributed by atoms with Gasteiger partial charge < -0.3 is 9.47 Å². The number of rotatable bonds is 11. The maximum Gasteiger partial charge on any atom is 0.155 e. The summed E-state index contributed by atoms with van der Waals surface area (Å²) in [7, 11) is 0. The Hall–Kier alpha value is -0.410. The number of unbranched alkanes of at least 4 members (excludes halogenated alkanes) is 3. The van der Waals surface area contributed by atoms with Gasteiger partial charge in [-0.1, -0.05) is 26.2 Å². The molecule has 0 unspecified atom stereocenters. The lowest BCUT2D eigenvalue weighted by molar-refractivity contribution is -0.121. The van der Waals surface area contributed by atoms with E-state index in [2.05, 4.69) is 6.92 Å². The second-order valence-corrected chi connectivity index (χ2v) is 3.78. The molecule has 0 atom stereocenters. The van der Waals surface area contributed by atoms with Crippen LogP contribution in [0.4, 0.5) is 0 Å². The number of carbonyl (C=O) groups is 1. The molecule has 0 fully saturated rings. The largest absolute Gasteiger partial charge is 0.381 e. The van der Waals surface area contributed by atoms with Crippen LogP contribution >= 0.6 is 0 Å². The third kappa shape index (κ3) is 13.6. The highest BCUT2D eigenvalue weighted by molar-refractivity contribution is 5.76. The molecule has 0 bridgehead atoms. The van der Waals surface area contributed by atoms with Crippen molar-refractivity contribution in [1.82, 2.24) is 0 Å². The van der Waals surface area contributed by atoms with Crippen molar-refractivity contribution in [2.24, 2.45) is 0 Å². The van der Waals surface area contributed by atoms with Gasteiger partial charge in [-0.05, 0) is 19.8 Å². The minimum Gasteiger partial charge on any atom is -0.381 e. The van der Waals surface area contributed by atoms with Gasteiger partial charge in [-0.3, -0.25) is 4.79 Å². The van der Waals surface area contributed by atoms with Gasteiger partial charge in [0.1, 0.15) is 6.61 Å². The number of Topliss-reactive ketones (excluding diaryl/α,β-unsaturated/α-hetero) is 1. The first-order valence-electron chi connectivity index (χ1n) is 5.92. The predicted octanol–water partition coefficient (Wildman–Crippen LogP) is 2.58. The molecule has 0 aromatic rings. The van der Waals surface area contributed by atoms with Crippen LogP contribution in [-0.2, 0) is 14.3 Å². The first-order valence-corrected chi connectivity index (χ1v) is 5.92. The first-order chi connectivity index (χ1) is 7.27. The van der Waals surface area contributed by atoms with Crippen molar-refractivity contribution in [3.63, 3.8) is 0 Å². The SMILES string of the molecule is CCCCCCOCCCOCC(C)=O. The molecule has 0 saturated heterocycles. The maximum atomic E-state index is 10.5. The van der Waals surface area contributed by atoms with Crippen LogP contribution in [0.3, 0.4) is 0 Å². The molecule has 0 aliphatic rings. The average Bonchev–Trinajstić information content (AvgIpc) is 2.20. The van der Waals surface area contributed by atoms with Gasteiger partial charge in [0.2, 0.25) is 0 Å². The fourth-order valence-corrected chi connectivity index (χ4v) is 1.21. The van der Waals surface area contributed by atoms with Gasteiger partial charge in [0, 0.05) is 19.8 Å². The zero-order valence-corrected chi connectivity index (χ0v) is 10.1. The summed E-state index contributed by atoms with van der Waals surface area (Å²) in [4.78, 5) is 10.5. The van der Waals surface area contributed by atoms with Gasteiger partial charge in [-0.25, -0.2) is 0 Å². The molecule has 0 amide bonds. The molecule has 3 nitrogen and oxygen atoms in total. The Morgan fingerprint density at radius 2 is 1.60 bits per heavy atom. The van der Waals surface area contributed by atoms with Crippen LogP contribution in [0, 0.1) is 0 Å². The van der Waals surface area contributed by atoms with Crippen LogP contribution < -0.4 is 0 Å². The average molecular weight is 216 g/mol. The van der Waals surface area contributed by atoms with E-state index >= 15 is 0 Å². The minimum absolute atomic E-state index is 0.0792. The summed E-state index contributed by atoms with van der Waals surface area (Å²) < 4.78 is 10.5. The number of ketones is 1. The minimum atomic E-state index is 0.0792. The molecule has 3 heteroatoms. The highest BCUT2D eigenvalue weighted by Gasteiger charge is 1.93. The predicted molar refractivity (Wildman–Crippen MR) is 61.1 cm³/mol. The topological polar surface area (TPSA) is 35.5 Å². The Morgan fingerprint density at radius 1 is 0.933 bits per heavy atom.